The third-order valence-corrected chi connectivity index (χ3v) is 6.69. The van der Waals surface area contributed by atoms with Crippen molar-refractivity contribution in [2.45, 2.75) is 37.5 Å². The van der Waals surface area contributed by atoms with Gasteiger partial charge in [-0.05, 0) is 42.9 Å². The number of nitrogens with zero attached hydrogens (tertiary/aromatic N) is 4. The van der Waals surface area contributed by atoms with E-state index in [1.165, 1.54) is 0 Å². The van der Waals surface area contributed by atoms with Crippen LogP contribution >= 0.6 is 0 Å². The van der Waals surface area contributed by atoms with E-state index < -0.39 is 10.0 Å². The van der Waals surface area contributed by atoms with Crippen LogP contribution in [0.5, 0.6) is 0 Å². The number of hydrogen-bond acceptors (Lipinski definition) is 4. The van der Waals surface area contributed by atoms with Crippen LogP contribution < -0.4 is 0 Å². The third-order valence-electron chi connectivity index (χ3n) is 4.79. The molecule has 24 heavy (non-hydrogen) atoms. The predicted octanol–water partition coefficient (Wildman–Crippen LogP) is 2.02. The summed E-state index contributed by atoms with van der Waals surface area (Å²) in [5.74, 6) is 1.42. The average molecular weight is 348 g/mol. The van der Waals surface area contributed by atoms with Gasteiger partial charge in [-0.1, -0.05) is 19.1 Å². The molecule has 0 unspecified atom stereocenters. The first-order valence-electron chi connectivity index (χ1n) is 8.42. The summed E-state index contributed by atoms with van der Waals surface area (Å²) >= 11 is 0. The number of hydrogen-bond donors (Lipinski definition) is 0. The fraction of sp³-hybridized carbons (Fsp3) is 0.529. The number of benzene rings is 1. The van der Waals surface area contributed by atoms with Crippen LogP contribution in [0.2, 0.25) is 0 Å². The largest absolute Gasteiger partial charge is 0.321 e. The lowest BCUT2D eigenvalue weighted by atomic mass is 9.94. The first-order valence-corrected chi connectivity index (χ1v) is 9.86. The van der Waals surface area contributed by atoms with Gasteiger partial charge in [-0.3, -0.25) is 0 Å². The van der Waals surface area contributed by atoms with Crippen molar-refractivity contribution in [2.75, 3.05) is 13.1 Å². The van der Waals surface area contributed by atoms with Gasteiger partial charge in [0.2, 0.25) is 10.0 Å². The Balaban J connectivity index is 1.66. The average Bonchev–Trinajstić information content (AvgIpc) is 3.00. The van der Waals surface area contributed by atoms with Crippen LogP contribution in [-0.2, 0) is 29.9 Å². The molecule has 1 aliphatic heterocycles. The van der Waals surface area contributed by atoms with E-state index in [9.17, 15) is 8.42 Å². The Kier molecular flexibility index (Phi) is 5.01. The van der Waals surface area contributed by atoms with Crippen LogP contribution in [0.4, 0.5) is 0 Å². The standard InChI is InChI=1S/C17H24N4O2S/c1-3-14-5-4-6-16(11-14)24(22,23)21-9-7-15(8-10-21)12-17-19-18-13-20(17)2/h4-6,11,13,15H,3,7-10,12H2,1-2H3. The zero-order valence-corrected chi connectivity index (χ0v) is 15.0. The Bertz CT molecular complexity index is 792. The highest BCUT2D eigenvalue weighted by Crippen LogP contribution is 2.26. The summed E-state index contributed by atoms with van der Waals surface area (Å²) in [5, 5.41) is 8.03. The van der Waals surface area contributed by atoms with E-state index in [1.54, 1.807) is 22.8 Å². The van der Waals surface area contributed by atoms with E-state index in [0.29, 0.717) is 23.9 Å². The van der Waals surface area contributed by atoms with Crippen molar-refractivity contribution >= 4 is 10.0 Å². The van der Waals surface area contributed by atoms with Crippen LogP contribution in [0.1, 0.15) is 31.2 Å². The minimum atomic E-state index is -3.39. The maximum atomic E-state index is 12.8. The molecule has 1 fully saturated rings. The van der Waals surface area contributed by atoms with Gasteiger partial charge in [0.1, 0.15) is 12.2 Å². The first kappa shape index (κ1) is 17.1. The lowest BCUT2D eigenvalue weighted by Crippen LogP contribution is -2.39. The van der Waals surface area contributed by atoms with E-state index in [2.05, 4.69) is 10.2 Å². The van der Waals surface area contributed by atoms with Gasteiger partial charge < -0.3 is 4.57 Å². The highest BCUT2D eigenvalue weighted by atomic mass is 32.2. The van der Waals surface area contributed by atoms with Gasteiger partial charge in [0.05, 0.1) is 4.90 Å². The normalized spacial score (nSPS) is 17.2. The van der Waals surface area contributed by atoms with Crippen molar-refractivity contribution in [1.29, 1.82) is 0 Å². The lowest BCUT2D eigenvalue weighted by molar-refractivity contribution is 0.269. The number of rotatable bonds is 5. The maximum absolute atomic E-state index is 12.8. The fourth-order valence-corrected chi connectivity index (χ4v) is 4.72. The van der Waals surface area contributed by atoms with Crippen LogP contribution in [0.3, 0.4) is 0 Å². The second kappa shape index (κ2) is 7.03. The summed E-state index contributed by atoms with van der Waals surface area (Å²) in [6, 6.07) is 7.28. The summed E-state index contributed by atoms with van der Waals surface area (Å²) in [6.45, 7) is 3.17. The van der Waals surface area contributed by atoms with Crippen molar-refractivity contribution < 1.29 is 8.42 Å². The van der Waals surface area contributed by atoms with Gasteiger partial charge in [0.25, 0.3) is 0 Å². The van der Waals surface area contributed by atoms with E-state index in [0.717, 1.165) is 37.1 Å². The van der Waals surface area contributed by atoms with Crippen molar-refractivity contribution in [2.24, 2.45) is 13.0 Å². The molecule has 0 bridgehead atoms. The van der Waals surface area contributed by atoms with Gasteiger partial charge in [-0.15, -0.1) is 10.2 Å². The molecule has 2 aromatic rings. The molecular formula is C17H24N4O2S. The molecule has 1 saturated heterocycles. The van der Waals surface area contributed by atoms with E-state index >= 15 is 0 Å². The number of aromatic nitrogens is 3. The van der Waals surface area contributed by atoms with Gasteiger partial charge in [0, 0.05) is 26.6 Å². The summed E-state index contributed by atoms with van der Waals surface area (Å²) in [6.07, 6.45) is 5.12. The monoisotopic (exact) mass is 348 g/mol. The molecule has 0 saturated carbocycles. The summed E-state index contributed by atoms with van der Waals surface area (Å²) in [4.78, 5) is 0.411. The highest BCUT2D eigenvalue weighted by Gasteiger charge is 2.30. The predicted molar refractivity (Wildman–Crippen MR) is 92.0 cm³/mol. The van der Waals surface area contributed by atoms with Crippen molar-refractivity contribution in [3.63, 3.8) is 0 Å². The molecule has 6 nitrogen and oxygen atoms in total. The number of piperidine rings is 1. The molecule has 1 aromatic heterocycles. The number of sulfonamides is 1. The van der Waals surface area contributed by atoms with Gasteiger partial charge in [0.15, 0.2) is 0 Å². The first-order chi connectivity index (χ1) is 11.5. The second-order valence-corrected chi connectivity index (χ2v) is 8.35. The minimum absolute atomic E-state index is 0.411. The van der Waals surface area contributed by atoms with Gasteiger partial charge in [-0.2, -0.15) is 4.31 Å². The Morgan fingerprint density at radius 1 is 1.25 bits per heavy atom. The summed E-state index contributed by atoms with van der Waals surface area (Å²) in [7, 11) is -1.45. The molecule has 1 aliphatic rings. The van der Waals surface area contributed by atoms with Crippen molar-refractivity contribution in [3.8, 4) is 0 Å². The molecule has 0 atom stereocenters. The molecule has 7 heteroatoms. The third kappa shape index (κ3) is 3.52. The SMILES string of the molecule is CCc1cccc(S(=O)(=O)N2CCC(Cc3nncn3C)CC2)c1. The Morgan fingerprint density at radius 2 is 2.00 bits per heavy atom. The molecular weight excluding hydrogens is 324 g/mol. The lowest BCUT2D eigenvalue weighted by Gasteiger charge is -2.31. The summed E-state index contributed by atoms with van der Waals surface area (Å²) < 4.78 is 29.2. The maximum Gasteiger partial charge on any atom is 0.243 e. The zero-order valence-electron chi connectivity index (χ0n) is 14.2. The van der Waals surface area contributed by atoms with Crippen LogP contribution in [0, 0.1) is 5.92 Å². The molecule has 0 aliphatic carbocycles. The molecule has 0 amide bonds. The molecule has 3 rings (SSSR count). The number of aryl methyl sites for hydroxylation is 2. The van der Waals surface area contributed by atoms with Gasteiger partial charge >= 0.3 is 0 Å². The van der Waals surface area contributed by atoms with E-state index in [1.807, 2.05) is 30.7 Å². The summed E-state index contributed by atoms with van der Waals surface area (Å²) in [5.41, 5.74) is 1.05. The molecule has 0 N–H and O–H groups in total. The van der Waals surface area contributed by atoms with Crippen LogP contribution in [0.15, 0.2) is 35.5 Å². The fourth-order valence-electron chi connectivity index (χ4n) is 3.18. The molecule has 130 valence electrons. The topological polar surface area (TPSA) is 68.1 Å². The zero-order chi connectivity index (χ0) is 17.2. The Labute approximate surface area is 143 Å². The van der Waals surface area contributed by atoms with Gasteiger partial charge in [-0.25, -0.2) is 8.42 Å². The van der Waals surface area contributed by atoms with Crippen molar-refractivity contribution in [3.05, 3.63) is 42.0 Å². The molecule has 1 aromatic carbocycles. The van der Waals surface area contributed by atoms with E-state index in [4.69, 9.17) is 0 Å². The quantitative estimate of drug-likeness (QED) is 0.829. The molecule has 0 radical (unpaired) electrons. The van der Waals surface area contributed by atoms with E-state index in [-0.39, 0.29) is 0 Å². The van der Waals surface area contributed by atoms with Crippen molar-refractivity contribution in [1.82, 2.24) is 19.1 Å². The Hall–Kier alpha value is -1.73. The second-order valence-electron chi connectivity index (χ2n) is 6.41. The minimum Gasteiger partial charge on any atom is -0.321 e. The smallest absolute Gasteiger partial charge is 0.243 e. The van der Waals surface area contributed by atoms with Crippen LogP contribution in [-0.4, -0.2) is 40.6 Å². The van der Waals surface area contributed by atoms with Crippen LogP contribution in [0.25, 0.3) is 0 Å². The Morgan fingerprint density at radius 3 is 2.62 bits per heavy atom. The molecule has 0 spiro atoms. The highest BCUT2D eigenvalue weighted by molar-refractivity contribution is 7.89. The molecule has 2 heterocycles.